The van der Waals surface area contributed by atoms with Crippen LogP contribution in [0, 0.1) is 0 Å². The number of pyridine rings is 1. The molecule has 1 unspecified atom stereocenters. The highest BCUT2D eigenvalue weighted by Gasteiger charge is 2.27. The maximum atomic E-state index is 12.4. The van der Waals surface area contributed by atoms with E-state index in [0.29, 0.717) is 11.3 Å². The zero-order chi connectivity index (χ0) is 13.9. The molecular formula is C14H13F3N2. The molecule has 0 saturated heterocycles. The van der Waals surface area contributed by atoms with Crippen LogP contribution in [0.4, 0.5) is 13.2 Å². The number of alkyl halides is 3. The Labute approximate surface area is 109 Å². The first kappa shape index (κ1) is 13.5. The summed E-state index contributed by atoms with van der Waals surface area (Å²) in [5, 5.41) is 0. The molecule has 0 aliphatic heterocycles. The number of hydrogen-bond acceptors (Lipinski definition) is 2. The van der Waals surface area contributed by atoms with Gasteiger partial charge in [0.05, 0.1) is 18.2 Å². The third-order valence-electron chi connectivity index (χ3n) is 2.72. The highest BCUT2D eigenvalue weighted by molar-refractivity contribution is 5.31. The minimum absolute atomic E-state index is 0.205. The molecule has 2 N–H and O–H groups in total. The van der Waals surface area contributed by atoms with E-state index in [2.05, 4.69) is 4.98 Å². The summed E-state index contributed by atoms with van der Waals surface area (Å²) in [7, 11) is 0. The van der Waals surface area contributed by atoms with Crippen LogP contribution in [0.3, 0.4) is 0 Å². The Morgan fingerprint density at radius 3 is 2.53 bits per heavy atom. The molecule has 0 spiro atoms. The second-order valence-corrected chi connectivity index (χ2v) is 4.27. The van der Waals surface area contributed by atoms with Crippen LogP contribution in [-0.2, 0) is 6.42 Å². The molecule has 0 radical (unpaired) electrons. The average molecular weight is 266 g/mol. The molecule has 0 bridgehead atoms. The van der Waals surface area contributed by atoms with Gasteiger partial charge in [0.1, 0.15) is 0 Å². The third kappa shape index (κ3) is 3.79. The quantitative estimate of drug-likeness (QED) is 0.926. The van der Waals surface area contributed by atoms with Crippen molar-refractivity contribution in [2.75, 3.05) is 0 Å². The Bertz CT molecular complexity index is 538. The van der Waals surface area contributed by atoms with Gasteiger partial charge in [-0.15, -0.1) is 0 Å². The smallest absolute Gasteiger partial charge is 0.319 e. The van der Waals surface area contributed by atoms with Crippen molar-refractivity contribution in [3.63, 3.8) is 0 Å². The molecule has 1 aromatic carbocycles. The van der Waals surface area contributed by atoms with Gasteiger partial charge in [-0.3, -0.25) is 4.98 Å². The van der Waals surface area contributed by atoms with Gasteiger partial charge in [0.2, 0.25) is 0 Å². The van der Waals surface area contributed by atoms with Crippen LogP contribution in [0.5, 0.6) is 0 Å². The fourth-order valence-electron chi connectivity index (χ4n) is 1.86. The largest absolute Gasteiger partial charge is 0.393 e. The SMILES string of the molecule is NC(c1cccc(CC(F)(F)F)c1)c1ccccn1. The highest BCUT2D eigenvalue weighted by Crippen LogP contribution is 2.24. The van der Waals surface area contributed by atoms with Gasteiger partial charge in [-0.05, 0) is 23.3 Å². The van der Waals surface area contributed by atoms with Crippen LogP contribution in [0.15, 0.2) is 48.7 Å². The summed E-state index contributed by atoms with van der Waals surface area (Å²) < 4.78 is 37.1. The Morgan fingerprint density at radius 2 is 1.89 bits per heavy atom. The molecule has 1 aromatic heterocycles. The maximum absolute atomic E-state index is 12.4. The Balaban J connectivity index is 2.24. The molecule has 2 aromatic rings. The molecule has 0 aliphatic carbocycles. The number of rotatable bonds is 3. The van der Waals surface area contributed by atoms with Crippen LogP contribution < -0.4 is 5.73 Å². The summed E-state index contributed by atoms with van der Waals surface area (Å²) in [4.78, 5) is 4.11. The fraction of sp³-hybridized carbons (Fsp3) is 0.214. The summed E-state index contributed by atoms with van der Waals surface area (Å²) in [6.07, 6.45) is -3.56. The van der Waals surface area contributed by atoms with E-state index in [4.69, 9.17) is 5.73 Å². The maximum Gasteiger partial charge on any atom is 0.393 e. The predicted octanol–water partition coefficient (Wildman–Crippen LogP) is 3.23. The lowest BCUT2D eigenvalue weighted by Crippen LogP contribution is -2.15. The lowest BCUT2D eigenvalue weighted by Gasteiger charge is -2.13. The summed E-state index contributed by atoms with van der Waals surface area (Å²) in [6, 6.07) is 11.0. The molecular weight excluding hydrogens is 253 g/mol. The molecule has 100 valence electrons. The van der Waals surface area contributed by atoms with Gasteiger partial charge in [0.15, 0.2) is 0 Å². The lowest BCUT2D eigenvalue weighted by atomic mass is 10.0. The number of aromatic nitrogens is 1. The Morgan fingerprint density at radius 1 is 1.11 bits per heavy atom. The summed E-state index contributed by atoms with van der Waals surface area (Å²) in [5.74, 6) is 0. The van der Waals surface area contributed by atoms with E-state index >= 15 is 0 Å². The third-order valence-corrected chi connectivity index (χ3v) is 2.72. The number of halogens is 3. The first-order chi connectivity index (χ1) is 8.96. The Hall–Kier alpha value is -1.88. The standard InChI is InChI=1S/C14H13F3N2/c15-14(16,17)9-10-4-3-5-11(8-10)13(18)12-6-1-2-7-19-12/h1-8,13H,9,18H2. The molecule has 1 heterocycles. The van der Waals surface area contributed by atoms with Gasteiger partial charge >= 0.3 is 6.18 Å². The topological polar surface area (TPSA) is 38.9 Å². The first-order valence-corrected chi connectivity index (χ1v) is 5.78. The monoisotopic (exact) mass is 266 g/mol. The van der Waals surface area contributed by atoms with E-state index in [0.717, 1.165) is 0 Å². The second kappa shape index (κ2) is 5.40. The van der Waals surface area contributed by atoms with Gasteiger partial charge < -0.3 is 5.73 Å². The molecule has 2 nitrogen and oxygen atoms in total. The van der Waals surface area contributed by atoms with Crippen molar-refractivity contribution in [1.82, 2.24) is 4.98 Å². The predicted molar refractivity (Wildman–Crippen MR) is 66.5 cm³/mol. The zero-order valence-corrected chi connectivity index (χ0v) is 10.1. The zero-order valence-electron chi connectivity index (χ0n) is 10.1. The summed E-state index contributed by atoms with van der Waals surface area (Å²) in [5.41, 5.74) is 7.47. The molecule has 5 heteroatoms. The average Bonchev–Trinajstić information content (AvgIpc) is 2.37. The molecule has 0 amide bonds. The first-order valence-electron chi connectivity index (χ1n) is 5.78. The fourth-order valence-corrected chi connectivity index (χ4v) is 1.86. The van der Waals surface area contributed by atoms with Crippen molar-refractivity contribution in [3.05, 3.63) is 65.5 Å². The van der Waals surface area contributed by atoms with Gasteiger partial charge in [-0.1, -0.05) is 30.3 Å². The van der Waals surface area contributed by atoms with Gasteiger partial charge in [-0.2, -0.15) is 13.2 Å². The van der Waals surface area contributed by atoms with E-state index in [-0.39, 0.29) is 5.56 Å². The number of nitrogens with zero attached hydrogens (tertiary/aromatic N) is 1. The highest BCUT2D eigenvalue weighted by atomic mass is 19.4. The number of nitrogens with two attached hydrogens (primary N) is 1. The van der Waals surface area contributed by atoms with Crippen molar-refractivity contribution >= 4 is 0 Å². The normalized spacial score (nSPS) is 13.3. The minimum Gasteiger partial charge on any atom is -0.319 e. The van der Waals surface area contributed by atoms with E-state index < -0.39 is 18.6 Å². The molecule has 1 atom stereocenters. The van der Waals surface area contributed by atoms with Crippen LogP contribution >= 0.6 is 0 Å². The van der Waals surface area contributed by atoms with Crippen LogP contribution in [0.1, 0.15) is 22.9 Å². The molecule has 0 saturated carbocycles. The van der Waals surface area contributed by atoms with Crippen molar-refractivity contribution in [2.45, 2.75) is 18.6 Å². The van der Waals surface area contributed by atoms with Crippen LogP contribution in [-0.4, -0.2) is 11.2 Å². The Kier molecular flexibility index (Phi) is 3.85. The molecule has 0 fully saturated rings. The number of benzene rings is 1. The molecule has 0 aliphatic rings. The number of hydrogen-bond donors (Lipinski definition) is 1. The van der Waals surface area contributed by atoms with Gasteiger partial charge in [0, 0.05) is 6.20 Å². The van der Waals surface area contributed by atoms with Crippen molar-refractivity contribution in [3.8, 4) is 0 Å². The van der Waals surface area contributed by atoms with Crippen LogP contribution in [0.25, 0.3) is 0 Å². The second-order valence-electron chi connectivity index (χ2n) is 4.27. The van der Waals surface area contributed by atoms with Crippen LogP contribution in [0.2, 0.25) is 0 Å². The van der Waals surface area contributed by atoms with Crippen molar-refractivity contribution in [2.24, 2.45) is 5.73 Å². The molecule has 2 rings (SSSR count). The van der Waals surface area contributed by atoms with Gasteiger partial charge in [0.25, 0.3) is 0 Å². The van der Waals surface area contributed by atoms with Gasteiger partial charge in [-0.25, -0.2) is 0 Å². The minimum atomic E-state index is -4.21. The molecule has 19 heavy (non-hydrogen) atoms. The van der Waals surface area contributed by atoms with E-state index in [9.17, 15) is 13.2 Å². The summed E-state index contributed by atoms with van der Waals surface area (Å²) >= 11 is 0. The van der Waals surface area contributed by atoms with Crippen molar-refractivity contribution < 1.29 is 13.2 Å². The van der Waals surface area contributed by atoms with E-state index in [1.54, 1.807) is 36.5 Å². The summed E-state index contributed by atoms with van der Waals surface area (Å²) in [6.45, 7) is 0. The van der Waals surface area contributed by atoms with E-state index in [1.807, 2.05) is 0 Å². The van der Waals surface area contributed by atoms with E-state index in [1.165, 1.54) is 12.1 Å². The lowest BCUT2D eigenvalue weighted by molar-refractivity contribution is -0.127. The van der Waals surface area contributed by atoms with Crippen molar-refractivity contribution in [1.29, 1.82) is 0 Å².